The lowest BCUT2D eigenvalue weighted by molar-refractivity contribution is -0.154. The molecule has 0 aliphatic heterocycles. The van der Waals surface area contributed by atoms with Crippen LogP contribution in [0.15, 0.2) is 0 Å². The van der Waals surface area contributed by atoms with E-state index in [4.69, 9.17) is 9.47 Å². The van der Waals surface area contributed by atoms with Crippen LogP contribution in [-0.2, 0) is 14.3 Å². The summed E-state index contributed by atoms with van der Waals surface area (Å²) >= 11 is 0. The molecule has 0 aromatic rings. The second-order valence-electron chi connectivity index (χ2n) is 7.55. The number of carbonyl (C=O) groups excluding carboxylic acids is 1. The normalized spacial score (nSPS) is 14.3. The molecule has 0 radical (unpaired) electrons. The van der Waals surface area contributed by atoms with Gasteiger partial charge in [-0.3, -0.25) is 4.79 Å². The van der Waals surface area contributed by atoms with E-state index < -0.39 is 0 Å². The molecule has 0 amide bonds. The zero-order valence-electron chi connectivity index (χ0n) is 13.8. The molecular weight excluding hydrogens is 240 g/mol. The minimum atomic E-state index is -0.0586. The fraction of sp³-hybridized carbons (Fsp3) is 0.938. The summed E-state index contributed by atoms with van der Waals surface area (Å²) in [7, 11) is 1.69. The molecule has 0 aromatic heterocycles. The maximum absolute atomic E-state index is 12.2. The molecule has 1 atom stereocenters. The van der Waals surface area contributed by atoms with Crippen molar-refractivity contribution in [3.05, 3.63) is 0 Å². The van der Waals surface area contributed by atoms with E-state index in [1.54, 1.807) is 7.11 Å². The summed E-state index contributed by atoms with van der Waals surface area (Å²) < 4.78 is 10.4. The molecule has 0 heterocycles. The molecule has 19 heavy (non-hydrogen) atoms. The number of methoxy groups -OCH3 is 1. The Morgan fingerprint density at radius 2 is 1.53 bits per heavy atom. The van der Waals surface area contributed by atoms with Gasteiger partial charge in [-0.1, -0.05) is 41.5 Å². The third-order valence-corrected chi connectivity index (χ3v) is 3.13. The number of carbonyl (C=O) groups is 1. The molecule has 0 spiro atoms. The van der Waals surface area contributed by atoms with Crippen molar-refractivity contribution in [2.45, 2.75) is 60.8 Å². The summed E-state index contributed by atoms with van der Waals surface area (Å²) in [5.41, 5.74) is 0.0733. The van der Waals surface area contributed by atoms with Crippen LogP contribution in [0.5, 0.6) is 0 Å². The smallest absolute Gasteiger partial charge is 0.309 e. The van der Waals surface area contributed by atoms with Crippen molar-refractivity contribution >= 4 is 5.97 Å². The van der Waals surface area contributed by atoms with Gasteiger partial charge in [0.05, 0.1) is 12.5 Å². The first-order chi connectivity index (χ1) is 8.58. The summed E-state index contributed by atoms with van der Waals surface area (Å²) in [6, 6.07) is 0. The van der Waals surface area contributed by atoms with Crippen LogP contribution >= 0.6 is 0 Å². The van der Waals surface area contributed by atoms with Crippen molar-refractivity contribution in [1.29, 1.82) is 0 Å². The predicted octanol–water partition coefficient (Wildman–Crippen LogP) is 4.05. The molecule has 0 fully saturated rings. The van der Waals surface area contributed by atoms with Crippen molar-refractivity contribution in [2.24, 2.45) is 16.7 Å². The summed E-state index contributed by atoms with van der Waals surface area (Å²) in [4.78, 5) is 12.2. The lowest BCUT2D eigenvalue weighted by Gasteiger charge is -2.33. The van der Waals surface area contributed by atoms with Crippen molar-refractivity contribution in [2.75, 3.05) is 20.3 Å². The monoisotopic (exact) mass is 272 g/mol. The van der Waals surface area contributed by atoms with Crippen LogP contribution in [0.25, 0.3) is 0 Å². The van der Waals surface area contributed by atoms with Crippen LogP contribution in [0.3, 0.4) is 0 Å². The molecule has 0 aromatic carbocycles. The van der Waals surface area contributed by atoms with Gasteiger partial charge in [0.25, 0.3) is 0 Å². The SMILES string of the molecule is COCCCCOC(=O)C(CC(C)(C)C)C(C)(C)C. The topological polar surface area (TPSA) is 35.5 Å². The van der Waals surface area contributed by atoms with Gasteiger partial charge in [-0.05, 0) is 30.1 Å². The molecule has 0 aliphatic carbocycles. The van der Waals surface area contributed by atoms with Gasteiger partial charge in [0.1, 0.15) is 0 Å². The Labute approximate surface area is 119 Å². The van der Waals surface area contributed by atoms with Crippen molar-refractivity contribution < 1.29 is 14.3 Å². The van der Waals surface area contributed by atoms with Crippen LogP contribution in [0.1, 0.15) is 60.8 Å². The van der Waals surface area contributed by atoms with E-state index in [1.165, 1.54) is 0 Å². The summed E-state index contributed by atoms with van der Waals surface area (Å²) in [5, 5.41) is 0. The number of ether oxygens (including phenoxy) is 2. The number of hydrogen-bond acceptors (Lipinski definition) is 3. The molecule has 0 saturated carbocycles. The minimum Gasteiger partial charge on any atom is -0.465 e. The predicted molar refractivity (Wildman–Crippen MR) is 79.1 cm³/mol. The Balaban J connectivity index is 4.33. The second kappa shape index (κ2) is 7.88. The largest absolute Gasteiger partial charge is 0.465 e. The highest BCUT2D eigenvalue weighted by molar-refractivity contribution is 5.73. The van der Waals surface area contributed by atoms with Gasteiger partial charge in [-0.15, -0.1) is 0 Å². The zero-order valence-corrected chi connectivity index (χ0v) is 13.8. The Morgan fingerprint density at radius 1 is 1.00 bits per heavy atom. The minimum absolute atomic E-state index is 0.0464. The summed E-state index contributed by atoms with van der Waals surface area (Å²) in [5.74, 6) is -0.102. The Bertz CT molecular complexity index is 258. The molecule has 114 valence electrons. The van der Waals surface area contributed by atoms with Gasteiger partial charge in [0.15, 0.2) is 0 Å². The van der Waals surface area contributed by atoms with Crippen molar-refractivity contribution in [3.63, 3.8) is 0 Å². The van der Waals surface area contributed by atoms with Gasteiger partial charge in [-0.25, -0.2) is 0 Å². The van der Waals surface area contributed by atoms with Gasteiger partial charge in [-0.2, -0.15) is 0 Å². The van der Waals surface area contributed by atoms with E-state index in [2.05, 4.69) is 41.5 Å². The van der Waals surface area contributed by atoms with E-state index in [0.29, 0.717) is 6.61 Å². The van der Waals surface area contributed by atoms with E-state index >= 15 is 0 Å². The lowest BCUT2D eigenvalue weighted by atomic mass is 9.72. The van der Waals surface area contributed by atoms with Gasteiger partial charge >= 0.3 is 5.97 Å². The van der Waals surface area contributed by atoms with Crippen LogP contribution in [0.2, 0.25) is 0 Å². The van der Waals surface area contributed by atoms with E-state index in [-0.39, 0.29) is 22.7 Å². The highest BCUT2D eigenvalue weighted by atomic mass is 16.5. The number of hydrogen-bond donors (Lipinski definition) is 0. The molecule has 0 rings (SSSR count). The zero-order chi connectivity index (χ0) is 15.1. The maximum Gasteiger partial charge on any atom is 0.309 e. The van der Waals surface area contributed by atoms with Gasteiger partial charge in [0, 0.05) is 13.7 Å². The standard InChI is InChI=1S/C16H32O3/c1-15(2,3)12-13(16(4,5)6)14(17)19-11-9-8-10-18-7/h13H,8-12H2,1-7H3. The Morgan fingerprint density at radius 3 is 1.95 bits per heavy atom. The molecule has 0 aliphatic rings. The first-order valence-corrected chi connectivity index (χ1v) is 7.23. The van der Waals surface area contributed by atoms with Gasteiger partial charge < -0.3 is 9.47 Å². The summed E-state index contributed by atoms with van der Waals surface area (Å²) in [6.45, 7) is 14.0. The van der Waals surface area contributed by atoms with Crippen molar-refractivity contribution in [1.82, 2.24) is 0 Å². The quantitative estimate of drug-likeness (QED) is 0.518. The molecule has 0 bridgehead atoms. The fourth-order valence-electron chi connectivity index (χ4n) is 1.98. The first kappa shape index (κ1) is 18.4. The Kier molecular flexibility index (Phi) is 7.65. The molecule has 0 N–H and O–H groups in total. The number of unbranched alkanes of at least 4 members (excludes halogenated alkanes) is 1. The third-order valence-electron chi connectivity index (χ3n) is 3.13. The fourth-order valence-corrected chi connectivity index (χ4v) is 1.98. The first-order valence-electron chi connectivity index (χ1n) is 7.23. The molecule has 1 unspecified atom stereocenters. The highest BCUT2D eigenvalue weighted by Gasteiger charge is 2.35. The Hall–Kier alpha value is -0.570. The van der Waals surface area contributed by atoms with E-state index in [0.717, 1.165) is 25.9 Å². The second-order valence-corrected chi connectivity index (χ2v) is 7.55. The third kappa shape index (κ3) is 9.04. The van der Waals surface area contributed by atoms with E-state index in [9.17, 15) is 4.79 Å². The summed E-state index contributed by atoms with van der Waals surface area (Å²) in [6.07, 6.45) is 2.66. The molecule has 3 heteroatoms. The maximum atomic E-state index is 12.2. The molecule has 3 nitrogen and oxygen atoms in total. The molecular formula is C16H32O3. The number of esters is 1. The number of rotatable bonds is 7. The van der Waals surface area contributed by atoms with E-state index in [1.807, 2.05) is 0 Å². The van der Waals surface area contributed by atoms with Gasteiger partial charge in [0.2, 0.25) is 0 Å². The van der Waals surface area contributed by atoms with Crippen molar-refractivity contribution in [3.8, 4) is 0 Å². The lowest BCUT2D eigenvalue weighted by Crippen LogP contribution is -2.33. The average molecular weight is 272 g/mol. The highest BCUT2D eigenvalue weighted by Crippen LogP contribution is 2.36. The van der Waals surface area contributed by atoms with Crippen LogP contribution in [0.4, 0.5) is 0 Å². The van der Waals surface area contributed by atoms with Crippen LogP contribution in [0, 0.1) is 16.7 Å². The van der Waals surface area contributed by atoms with Crippen LogP contribution in [-0.4, -0.2) is 26.3 Å². The molecule has 0 saturated heterocycles. The average Bonchev–Trinajstić information content (AvgIpc) is 2.22. The van der Waals surface area contributed by atoms with Crippen LogP contribution < -0.4 is 0 Å².